The first kappa shape index (κ1) is 15.9. The monoisotopic (exact) mass is 328 g/mol. The average Bonchev–Trinajstić information content (AvgIpc) is 2.63. The van der Waals surface area contributed by atoms with E-state index in [0.29, 0.717) is 31.9 Å². The molecule has 0 bridgehead atoms. The summed E-state index contributed by atoms with van der Waals surface area (Å²) < 4.78 is 26.2. The van der Waals surface area contributed by atoms with E-state index in [0.717, 1.165) is 17.8 Å². The third kappa shape index (κ3) is 3.18. The number of piperazine rings is 1. The van der Waals surface area contributed by atoms with Crippen molar-refractivity contribution >= 4 is 11.6 Å². The zero-order valence-corrected chi connectivity index (χ0v) is 12.7. The molecule has 2 aromatic rings. The Balaban J connectivity index is 1.64. The molecular formula is C17H14F2N4O. The summed E-state index contributed by atoms with van der Waals surface area (Å²) >= 11 is 0. The molecule has 5 nitrogen and oxygen atoms in total. The number of amides is 1. The van der Waals surface area contributed by atoms with E-state index in [-0.39, 0.29) is 11.5 Å². The molecule has 7 heteroatoms. The van der Waals surface area contributed by atoms with Crippen LogP contribution in [-0.2, 0) is 0 Å². The van der Waals surface area contributed by atoms with Gasteiger partial charge in [0.05, 0.1) is 11.9 Å². The average molecular weight is 328 g/mol. The number of halogens is 2. The lowest BCUT2D eigenvalue weighted by molar-refractivity contribution is 0.0746. The Kier molecular flexibility index (Phi) is 4.38. The summed E-state index contributed by atoms with van der Waals surface area (Å²) in [6.45, 7) is 2.14. The highest BCUT2D eigenvalue weighted by molar-refractivity contribution is 5.94. The second-order valence-corrected chi connectivity index (χ2v) is 5.42. The lowest BCUT2D eigenvalue weighted by Gasteiger charge is -2.36. The van der Waals surface area contributed by atoms with Crippen LogP contribution in [0.3, 0.4) is 0 Å². The van der Waals surface area contributed by atoms with Crippen LogP contribution >= 0.6 is 0 Å². The molecule has 1 aromatic carbocycles. The van der Waals surface area contributed by atoms with E-state index in [1.54, 1.807) is 17.2 Å². The maximum absolute atomic E-state index is 13.3. The number of pyridine rings is 1. The molecule has 0 N–H and O–H groups in total. The first-order valence-corrected chi connectivity index (χ1v) is 7.44. The van der Waals surface area contributed by atoms with Gasteiger partial charge in [-0.25, -0.2) is 13.8 Å². The highest BCUT2D eigenvalue weighted by atomic mass is 19.2. The van der Waals surface area contributed by atoms with E-state index in [2.05, 4.69) is 9.88 Å². The van der Waals surface area contributed by atoms with Crippen LogP contribution in [-0.4, -0.2) is 42.0 Å². The third-order valence-corrected chi connectivity index (χ3v) is 3.96. The first-order chi connectivity index (χ1) is 11.6. The van der Waals surface area contributed by atoms with Crippen LogP contribution in [0.15, 0.2) is 36.5 Å². The standard InChI is InChI=1S/C17H14F2N4O/c18-15-4-1-12(9-16(15)19)17(24)23-7-5-22(6-8-23)14-3-2-13(10-20)21-11-14/h1-4,9,11H,5-8H2. The highest BCUT2D eigenvalue weighted by Crippen LogP contribution is 2.17. The molecule has 0 unspecified atom stereocenters. The van der Waals surface area contributed by atoms with E-state index in [4.69, 9.17) is 5.26 Å². The van der Waals surface area contributed by atoms with E-state index < -0.39 is 11.6 Å². The summed E-state index contributed by atoms with van der Waals surface area (Å²) in [4.78, 5) is 20.1. The Labute approximate surface area is 137 Å². The van der Waals surface area contributed by atoms with Crippen LogP contribution in [0.5, 0.6) is 0 Å². The van der Waals surface area contributed by atoms with Gasteiger partial charge in [-0.3, -0.25) is 4.79 Å². The third-order valence-electron chi connectivity index (χ3n) is 3.96. The molecule has 1 amide bonds. The summed E-state index contributed by atoms with van der Waals surface area (Å²) in [6, 6.07) is 8.60. The molecule has 2 heterocycles. The quantitative estimate of drug-likeness (QED) is 0.848. The van der Waals surface area contributed by atoms with Gasteiger partial charge in [-0.1, -0.05) is 0 Å². The number of benzene rings is 1. The number of hydrogen-bond acceptors (Lipinski definition) is 4. The van der Waals surface area contributed by atoms with Crippen LogP contribution in [0.25, 0.3) is 0 Å². The zero-order chi connectivity index (χ0) is 17.1. The topological polar surface area (TPSA) is 60.2 Å². The van der Waals surface area contributed by atoms with Crippen molar-refractivity contribution in [1.82, 2.24) is 9.88 Å². The predicted octanol–water partition coefficient (Wildman–Crippen LogP) is 2.19. The van der Waals surface area contributed by atoms with Crippen molar-refractivity contribution < 1.29 is 13.6 Å². The van der Waals surface area contributed by atoms with Crippen molar-refractivity contribution in [3.63, 3.8) is 0 Å². The minimum Gasteiger partial charge on any atom is -0.367 e. The smallest absolute Gasteiger partial charge is 0.254 e. The Morgan fingerprint density at radius 2 is 1.83 bits per heavy atom. The maximum atomic E-state index is 13.3. The van der Waals surface area contributed by atoms with Crippen LogP contribution in [0.2, 0.25) is 0 Å². The zero-order valence-electron chi connectivity index (χ0n) is 12.7. The molecule has 1 aromatic heterocycles. The molecule has 0 atom stereocenters. The number of rotatable bonds is 2. The Hall–Kier alpha value is -3.01. The molecule has 0 saturated carbocycles. The lowest BCUT2D eigenvalue weighted by atomic mass is 10.1. The van der Waals surface area contributed by atoms with Gasteiger partial charge in [0, 0.05) is 31.7 Å². The fraction of sp³-hybridized carbons (Fsp3) is 0.235. The summed E-state index contributed by atoms with van der Waals surface area (Å²) in [5, 5.41) is 8.76. The summed E-state index contributed by atoms with van der Waals surface area (Å²) in [5.41, 5.74) is 1.38. The van der Waals surface area contributed by atoms with Gasteiger partial charge in [-0.15, -0.1) is 0 Å². The maximum Gasteiger partial charge on any atom is 0.254 e. The van der Waals surface area contributed by atoms with Gasteiger partial charge in [0.1, 0.15) is 11.8 Å². The van der Waals surface area contributed by atoms with Crippen LogP contribution in [0, 0.1) is 23.0 Å². The van der Waals surface area contributed by atoms with Crippen molar-refractivity contribution in [3.8, 4) is 6.07 Å². The van der Waals surface area contributed by atoms with Crippen molar-refractivity contribution in [2.45, 2.75) is 0 Å². The number of hydrogen-bond donors (Lipinski definition) is 0. The molecular weight excluding hydrogens is 314 g/mol. The molecule has 1 aliphatic heterocycles. The molecule has 0 radical (unpaired) electrons. The lowest BCUT2D eigenvalue weighted by Crippen LogP contribution is -2.48. The van der Waals surface area contributed by atoms with Gasteiger partial charge in [-0.05, 0) is 30.3 Å². The largest absolute Gasteiger partial charge is 0.367 e. The first-order valence-electron chi connectivity index (χ1n) is 7.44. The van der Waals surface area contributed by atoms with Gasteiger partial charge in [-0.2, -0.15) is 5.26 Å². The van der Waals surface area contributed by atoms with Crippen LogP contribution < -0.4 is 4.90 Å². The fourth-order valence-corrected chi connectivity index (χ4v) is 2.62. The van der Waals surface area contributed by atoms with Crippen molar-refractivity contribution in [1.29, 1.82) is 5.26 Å². The summed E-state index contributed by atoms with van der Waals surface area (Å²) in [7, 11) is 0. The van der Waals surface area contributed by atoms with Crippen molar-refractivity contribution in [2.24, 2.45) is 0 Å². The van der Waals surface area contributed by atoms with Gasteiger partial charge in [0.15, 0.2) is 11.6 Å². The predicted molar refractivity (Wildman–Crippen MR) is 83.4 cm³/mol. The number of anilines is 1. The van der Waals surface area contributed by atoms with Gasteiger partial charge in [0.2, 0.25) is 0 Å². The van der Waals surface area contributed by atoms with Crippen LogP contribution in [0.4, 0.5) is 14.5 Å². The number of carbonyl (C=O) groups excluding carboxylic acids is 1. The molecule has 1 aliphatic rings. The number of aromatic nitrogens is 1. The van der Waals surface area contributed by atoms with Crippen molar-refractivity contribution in [2.75, 3.05) is 31.1 Å². The molecule has 24 heavy (non-hydrogen) atoms. The second-order valence-electron chi connectivity index (χ2n) is 5.42. The van der Waals surface area contributed by atoms with Gasteiger partial charge < -0.3 is 9.80 Å². The summed E-state index contributed by atoms with van der Waals surface area (Å²) in [5.74, 6) is -2.31. The van der Waals surface area contributed by atoms with Crippen LogP contribution in [0.1, 0.15) is 16.1 Å². The Morgan fingerprint density at radius 3 is 2.42 bits per heavy atom. The molecule has 0 spiro atoms. The van der Waals surface area contributed by atoms with E-state index >= 15 is 0 Å². The Bertz CT molecular complexity index is 793. The van der Waals surface area contributed by atoms with E-state index in [9.17, 15) is 13.6 Å². The second kappa shape index (κ2) is 6.62. The molecule has 3 rings (SSSR count). The molecule has 122 valence electrons. The number of nitrogens with zero attached hydrogens (tertiary/aromatic N) is 4. The van der Waals surface area contributed by atoms with E-state index in [1.165, 1.54) is 6.07 Å². The fourth-order valence-electron chi connectivity index (χ4n) is 2.62. The highest BCUT2D eigenvalue weighted by Gasteiger charge is 2.23. The molecule has 1 fully saturated rings. The normalized spacial score (nSPS) is 14.4. The minimum atomic E-state index is -1.02. The van der Waals surface area contributed by atoms with Crippen molar-refractivity contribution in [3.05, 3.63) is 59.4 Å². The molecule has 0 aliphatic carbocycles. The molecule has 1 saturated heterocycles. The SMILES string of the molecule is N#Cc1ccc(N2CCN(C(=O)c3ccc(F)c(F)c3)CC2)cn1. The van der Waals surface area contributed by atoms with E-state index in [1.807, 2.05) is 12.1 Å². The van der Waals surface area contributed by atoms with Gasteiger partial charge >= 0.3 is 0 Å². The van der Waals surface area contributed by atoms with Gasteiger partial charge in [0.25, 0.3) is 5.91 Å². The number of carbonyl (C=O) groups is 1. The number of nitriles is 1. The summed E-state index contributed by atoms with van der Waals surface area (Å²) in [6.07, 6.45) is 1.63. The Morgan fingerprint density at radius 1 is 1.08 bits per heavy atom. The minimum absolute atomic E-state index is 0.141.